The topological polar surface area (TPSA) is 32.3 Å². The number of hydrogen-bond acceptors (Lipinski definition) is 2. The Morgan fingerprint density at radius 3 is 2.47 bits per heavy atom. The lowest BCUT2D eigenvalue weighted by Gasteiger charge is -2.23. The first-order chi connectivity index (χ1) is 8.80. The van der Waals surface area contributed by atoms with Crippen LogP contribution in [0.15, 0.2) is 18.2 Å². The van der Waals surface area contributed by atoms with Crippen molar-refractivity contribution in [2.45, 2.75) is 13.1 Å². The third kappa shape index (κ3) is 3.84. The lowest BCUT2D eigenvalue weighted by molar-refractivity contribution is -0.140. The Hall–Kier alpha value is -1.79. The molecule has 1 amide bonds. The Morgan fingerprint density at radius 1 is 1.37 bits per heavy atom. The normalized spacial score (nSPS) is 11.3. The molecule has 0 fully saturated rings. The molecule has 3 nitrogen and oxygen atoms in total. The van der Waals surface area contributed by atoms with E-state index >= 15 is 0 Å². The van der Waals surface area contributed by atoms with Gasteiger partial charge in [-0.25, -0.2) is 4.39 Å². The zero-order valence-corrected chi connectivity index (χ0v) is 10.5. The molecule has 0 aliphatic heterocycles. The number of rotatable bonds is 4. The van der Waals surface area contributed by atoms with Crippen LogP contribution < -0.4 is 5.32 Å². The average Bonchev–Trinajstić information content (AvgIpc) is 2.33. The molecule has 1 rings (SSSR count). The smallest absolute Gasteiger partial charge is 0.385 e. The summed E-state index contributed by atoms with van der Waals surface area (Å²) >= 11 is 0. The number of alkyl halides is 3. The van der Waals surface area contributed by atoms with Crippen molar-refractivity contribution in [1.29, 1.82) is 0 Å². The Labute approximate surface area is 108 Å². The van der Waals surface area contributed by atoms with Crippen molar-refractivity contribution in [3.63, 3.8) is 0 Å². The molecule has 0 saturated heterocycles. The highest BCUT2D eigenvalue weighted by Crippen LogP contribution is 2.23. The maximum atomic E-state index is 13.5. The Morgan fingerprint density at radius 2 is 2.00 bits per heavy atom. The number of benzene rings is 1. The van der Waals surface area contributed by atoms with Gasteiger partial charge in [0, 0.05) is 13.6 Å². The molecule has 19 heavy (non-hydrogen) atoms. The fourth-order valence-electron chi connectivity index (χ4n) is 1.67. The molecule has 0 spiro atoms. The first-order valence-electron chi connectivity index (χ1n) is 5.62. The molecule has 0 aliphatic rings. The second kappa shape index (κ2) is 5.90. The van der Waals surface area contributed by atoms with Crippen LogP contribution in [-0.4, -0.2) is 37.1 Å². The summed E-state index contributed by atoms with van der Waals surface area (Å²) in [6.45, 7) is -0.0397. The summed E-state index contributed by atoms with van der Waals surface area (Å²) in [5, 5.41) is 2.48. The van der Waals surface area contributed by atoms with E-state index in [2.05, 4.69) is 5.32 Å². The molecule has 0 heterocycles. The third-order valence-corrected chi connectivity index (χ3v) is 2.53. The molecule has 0 aliphatic carbocycles. The molecular formula is C12H14F4N2O. The zero-order chi connectivity index (χ0) is 14.6. The number of anilines is 1. The van der Waals surface area contributed by atoms with Crippen LogP contribution in [0.1, 0.15) is 17.3 Å². The summed E-state index contributed by atoms with van der Waals surface area (Å²) in [4.78, 5) is 12.6. The summed E-state index contributed by atoms with van der Waals surface area (Å²) < 4.78 is 50.5. The number of hydrogen-bond donors (Lipinski definition) is 1. The van der Waals surface area contributed by atoms with E-state index in [9.17, 15) is 22.4 Å². The highest BCUT2D eigenvalue weighted by molar-refractivity contribution is 5.99. The number of nitrogens with zero attached hydrogens (tertiary/aromatic N) is 1. The minimum Gasteiger partial charge on any atom is -0.385 e. The van der Waals surface area contributed by atoms with Crippen molar-refractivity contribution in [3.8, 4) is 0 Å². The van der Waals surface area contributed by atoms with Crippen LogP contribution in [-0.2, 0) is 0 Å². The quantitative estimate of drug-likeness (QED) is 0.859. The van der Waals surface area contributed by atoms with E-state index in [1.807, 2.05) is 0 Å². The number of halogens is 4. The lowest BCUT2D eigenvalue weighted by atomic mass is 10.1. The molecule has 0 bridgehead atoms. The second-order valence-corrected chi connectivity index (χ2v) is 3.85. The fourth-order valence-corrected chi connectivity index (χ4v) is 1.67. The average molecular weight is 278 g/mol. The molecule has 1 aromatic rings. The van der Waals surface area contributed by atoms with Gasteiger partial charge in [-0.3, -0.25) is 4.79 Å². The van der Waals surface area contributed by atoms with E-state index < -0.39 is 24.4 Å². The molecular weight excluding hydrogens is 264 g/mol. The monoisotopic (exact) mass is 278 g/mol. The first-order valence-corrected chi connectivity index (χ1v) is 5.62. The van der Waals surface area contributed by atoms with Gasteiger partial charge in [0.25, 0.3) is 5.91 Å². The van der Waals surface area contributed by atoms with Crippen molar-refractivity contribution in [3.05, 3.63) is 29.6 Å². The fraction of sp³-hybridized carbons (Fsp3) is 0.417. The summed E-state index contributed by atoms with van der Waals surface area (Å²) in [7, 11) is 1.40. The van der Waals surface area contributed by atoms with Gasteiger partial charge < -0.3 is 10.2 Å². The standard InChI is InChI=1S/C12H14F4N2O/c1-3-18(7-12(14,15)16)11(19)8-5-4-6-9(13)10(8)17-2/h4-6,17H,3,7H2,1-2H3. The summed E-state index contributed by atoms with van der Waals surface area (Å²) in [5.74, 6) is -1.54. The number of para-hydroxylation sites is 1. The number of nitrogens with one attached hydrogen (secondary N) is 1. The van der Waals surface area contributed by atoms with Crippen LogP contribution in [0.25, 0.3) is 0 Å². The van der Waals surface area contributed by atoms with Crippen molar-refractivity contribution in [2.75, 3.05) is 25.5 Å². The predicted octanol–water partition coefficient (Wildman–Crippen LogP) is 2.89. The van der Waals surface area contributed by atoms with Crippen molar-refractivity contribution in [2.24, 2.45) is 0 Å². The van der Waals surface area contributed by atoms with Crippen LogP contribution in [0, 0.1) is 5.82 Å². The Bertz CT molecular complexity index is 460. The summed E-state index contributed by atoms with van der Waals surface area (Å²) in [5.41, 5.74) is -0.221. The second-order valence-electron chi connectivity index (χ2n) is 3.85. The molecule has 1 aromatic carbocycles. The van der Waals surface area contributed by atoms with Gasteiger partial charge in [-0.05, 0) is 19.1 Å². The van der Waals surface area contributed by atoms with Gasteiger partial charge >= 0.3 is 6.18 Å². The van der Waals surface area contributed by atoms with Crippen LogP contribution >= 0.6 is 0 Å². The van der Waals surface area contributed by atoms with Gasteiger partial charge in [0.05, 0.1) is 11.3 Å². The number of carbonyl (C=O) groups is 1. The predicted molar refractivity (Wildman–Crippen MR) is 63.6 cm³/mol. The maximum Gasteiger partial charge on any atom is 0.406 e. The Kier molecular flexibility index (Phi) is 4.74. The molecule has 0 saturated carbocycles. The first kappa shape index (κ1) is 15.3. The number of amides is 1. The van der Waals surface area contributed by atoms with Gasteiger partial charge in [-0.15, -0.1) is 0 Å². The van der Waals surface area contributed by atoms with Crippen molar-refractivity contribution >= 4 is 11.6 Å². The van der Waals surface area contributed by atoms with Gasteiger partial charge in [-0.1, -0.05) is 6.07 Å². The molecule has 0 aromatic heterocycles. The van der Waals surface area contributed by atoms with Gasteiger partial charge in [0.2, 0.25) is 0 Å². The summed E-state index contributed by atoms with van der Waals surface area (Å²) in [6, 6.07) is 3.70. The molecule has 0 radical (unpaired) electrons. The van der Waals surface area contributed by atoms with E-state index in [0.717, 1.165) is 6.07 Å². The summed E-state index contributed by atoms with van der Waals surface area (Å²) in [6.07, 6.45) is -4.49. The third-order valence-electron chi connectivity index (χ3n) is 2.53. The highest BCUT2D eigenvalue weighted by atomic mass is 19.4. The number of carbonyl (C=O) groups excluding carboxylic acids is 1. The highest BCUT2D eigenvalue weighted by Gasteiger charge is 2.33. The largest absolute Gasteiger partial charge is 0.406 e. The van der Waals surface area contributed by atoms with Crippen LogP contribution in [0.2, 0.25) is 0 Å². The SMILES string of the molecule is CCN(CC(F)(F)F)C(=O)c1cccc(F)c1NC. The van der Waals surface area contributed by atoms with Crippen LogP contribution in [0.5, 0.6) is 0 Å². The van der Waals surface area contributed by atoms with E-state index in [4.69, 9.17) is 0 Å². The van der Waals surface area contributed by atoms with Crippen molar-refractivity contribution < 1.29 is 22.4 Å². The van der Waals surface area contributed by atoms with Gasteiger partial charge in [0.1, 0.15) is 12.4 Å². The van der Waals surface area contributed by atoms with E-state index in [1.165, 1.54) is 26.1 Å². The van der Waals surface area contributed by atoms with Gasteiger partial charge in [0.15, 0.2) is 0 Å². The van der Waals surface area contributed by atoms with E-state index in [0.29, 0.717) is 4.90 Å². The van der Waals surface area contributed by atoms with Crippen LogP contribution in [0.4, 0.5) is 23.2 Å². The van der Waals surface area contributed by atoms with Gasteiger partial charge in [-0.2, -0.15) is 13.2 Å². The van der Waals surface area contributed by atoms with E-state index in [-0.39, 0.29) is 17.8 Å². The van der Waals surface area contributed by atoms with E-state index in [1.54, 1.807) is 0 Å². The lowest BCUT2D eigenvalue weighted by Crippen LogP contribution is -2.39. The molecule has 0 unspecified atom stereocenters. The Balaban J connectivity index is 3.08. The van der Waals surface area contributed by atoms with Crippen molar-refractivity contribution in [1.82, 2.24) is 4.90 Å². The minimum atomic E-state index is -4.49. The zero-order valence-electron chi connectivity index (χ0n) is 10.5. The molecule has 0 atom stereocenters. The minimum absolute atomic E-state index is 0.104. The molecule has 106 valence electrons. The van der Waals surface area contributed by atoms with Crippen LogP contribution in [0.3, 0.4) is 0 Å². The maximum absolute atomic E-state index is 13.5. The molecule has 1 N–H and O–H groups in total. The molecule has 7 heteroatoms.